The number of nitrogens with two attached hydrogens (primary N) is 1. The molecule has 0 aliphatic rings. The van der Waals surface area contributed by atoms with Crippen molar-refractivity contribution < 1.29 is 0 Å². The van der Waals surface area contributed by atoms with Gasteiger partial charge in [-0.3, -0.25) is 0 Å². The molecule has 0 aromatic heterocycles. The van der Waals surface area contributed by atoms with Gasteiger partial charge in [0, 0.05) is 5.70 Å². The number of benzene rings is 1. The first-order valence-corrected chi connectivity index (χ1v) is 8.91. The maximum absolute atomic E-state index is 6.41. The highest BCUT2D eigenvalue weighted by atomic mass is 14.6. The van der Waals surface area contributed by atoms with Gasteiger partial charge in [0.05, 0.1) is 0 Å². The Morgan fingerprint density at radius 2 is 1.60 bits per heavy atom. The molecule has 1 heteroatoms. The van der Waals surface area contributed by atoms with Crippen LogP contribution in [0.1, 0.15) is 65.2 Å². The van der Waals surface area contributed by atoms with Crippen molar-refractivity contribution in [1.29, 1.82) is 0 Å². The van der Waals surface area contributed by atoms with E-state index in [1.165, 1.54) is 11.1 Å². The molecular formula is C24H35N. The highest BCUT2D eigenvalue weighted by Crippen LogP contribution is 2.45. The maximum atomic E-state index is 6.41. The van der Waals surface area contributed by atoms with Crippen LogP contribution in [0.5, 0.6) is 0 Å². The van der Waals surface area contributed by atoms with Crippen molar-refractivity contribution >= 4 is 5.57 Å². The quantitative estimate of drug-likeness (QED) is 0.595. The largest absolute Gasteiger partial charge is 0.398 e. The van der Waals surface area contributed by atoms with Crippen molar-refractivity contribution in [3.63, 3.8) is 0 Å². The summed E-state index contributed by atoms with van der Waals surface area (Å²) in [6, 6.07) is 6.40. The smallest absolute Gasteiger partial charge is 0.0390 e. The lowest BCUT2D eigenvalue weighted by atomic mass is 9.62. The van der Waals surface area contributed by atoms with Gasteiger partial charge in [-0.2, -0.15) is 0 Å². The molecule has 0 saturated heterocycles. The summed E-state index contributed by atoms with van der Waals surface area (Å²) in [6.07, 6.45) is 3.85. The van der Waals surface area contributed by atoms with Crippen LogP contribution in [0.25, 0.3) is 5.57 Å². The summed E-state index contributed by atoms with van der Waals surface area (Å²) < 4.78 is 0. The van der Waals surface area contributed by atoms with E-state index in [1.54, 1.807) is 0 Å². The molecule has 1 nitrogen and oxygen atoms in total. The Labute approximate surface area is 155 Å². The van der Waals surface area contributed by atoms with Crippen LogP contribution in [0.4, 0.5) is 0 Å². The average Bonchev–Trinajstić information content (AvgIpc) is 2.51. The molecule has 0 unspecified atom stereocenters. The van der Waals surface area contributed by atoms with Gasteiger partial charge in [0.15, 0.2) is 0 Å². The highest BCUT2D eigenvalue weighted by molar-refractivity contribution is 5.80. The monoisotopic (exact) mass is 337 g/mol. The van der Waals surface area contributed by atoms with Gasteiger partial charge in [0.2, 0.25) is 0 Å². The summed E-state index contributed by atoms with van der Waals surface area (Å²) in [5.41, 5.74) is 14.1. The molecule has 0 radical (unpaired) electrons. The van der Waals surface area contributed by atoms with E-state index in [-0.39, 0.29) is 10.8 Å². The fourth-order valence-electron chi connectivity index (χ4n) is 2.87. The van der Waals surface area contributed by atoms with E-state index in [2.05, 4.69) is 72.9 Å². The van der Waals surface area contributed by atoms with Gasteiger partial charge in [-0.15, -0.1) is 0 Å². The first-order valence-electron chi connectivity index (χ1n) is 8.91. The number of hydrogen-bond acceptors (Lipinski definition) is 1. The van der Waals surface area contributed by atoms with Crippen molar-refractivity contribution in [1.82, 2.24) is 0 Å². The Morgan fingerprint density at radius 1 is 1.04 bits per heavy atom. The molecule has 0 saturated carbocycles. The summed E-state index contributed by atoms with van der Waals surface area (Å²) in [6.45, 7) is 25.9. The molecular weight excluding hydrogens is 302 g/mol. The molecule has 1 aromatic carbocycles. The molecule has 1 aromatic rings. The van der Waals surface area contributed by atoms with Crippen LogP contribution in [0, 0.1) is 12.3 Å². The van der Waals surface area contributed by atoms with Crippen LogP contribution in [0.3, 0.4) is 0 Å². The van der Waals surface area contributed by atoms with Crippen molar-refractivity contribution in [3.8, 4) is 0 Å². The van der Waals surface area contributed by atoms with Crippen molar-refractivity contribution in [2.75, 3.05) is 0 Å². The lowest BCUT2D eigenvalue weighted by molar-refractivity contribution is 0.224. The molecule has 0 fully saturated rings. The minimum absolute atomic E-state index is 0.0151. The van der Waals surface area contributed by atoms with E-state index in [0.717, 1.165) is 22.3 Å². The summed E-state index contributed by atoms with van der Waals surface area (Å²) in [7, 11) is 0. The van der Waals surface area contributed by atoms with Crippen LogP contribution >= 0.6 is 0 Å². The predicted molar refractivity (Wildman–Crippen MR) is 114 cm³/mol. The number of aryl methyl sites for hydroxylation is 1. The third-order valence-electron chi connectivity index (χ3n) is 5.75. The summed E-state index contributed by atoms with van der Waals surface area (Å²) in [4.78, 5) is 0. The molecule has 2 N–H and O–H groups in total. The van der Waals surface area contributed by atoms with Crippen LogP contribution in [0.2, 0.25) is 0 Å². The van der Waals surface area contributed by atoms with Crippen molar-refractivity contribution in [3.05, 3.63) is 77.0 Å². The molecule has 0 aliphatic heterocycles. The summed E-state index contributed by atoms with van der Waals surface area (Å²) in [5, 5.41) is 0. The SMILES string of the molecule is C=C/C(C)=C(C)/C=C(\N)C(=C)c1cccc(C)c1C(C)(C)C(C)(C)C. The molecule has 0 heterocycles. The molecule has 136 valence electrons. The van der Waals surface area contributed by atoms with E-state index in [4.69, 9.17) is 5.73 Å². The van der Waals surface area contributed by atoms with Crippen LogP contribution in [-0.2, 0) is 5.41 Å². The standard InChI is InChI=1S/C24H35N/c1-11-16(2)18(4)15-21(25)19(5)20-14-12-13-17(3)22(20)24(9,10)23(6,7)8/h11-15H,1,5,25H2,2-4,6-10H3/b18-16+,21-15-. The normalized spacial score (nSPS) is 14.2. The van der Waals surface area contributed by atoms with Gasteiger partial charge in [0.1, 0.15) is 0 Å². The van der Waals surface area contributed by atoms with E-state index >= 15 is 0 Å². The van der Waals surface area contributed by atoms with Gasteiger partial charge in [-0.05, 0) is 71.1 Å². The van der Waals surface area contributed by atoms with Crippen LogP contribution < -0.4 is 5.73 Å². The van der Waals surface area contributed by atoms with Crippen LogP contribution in [0.15, 0.2) is 60.4 Å². The minimum atomic E-state index is -0.0151. The molecule has 0 aliphatic carbocycles. The Hall–Kier alpha value is -2.02. The highest BCUT2D eigenvalue weighted by Gasteiger charge is 2.37. The van der Waals surface area contributed by atoms with E-state index in [9.17, 15) is 0 Å². The first-order chi connectivity index (χ1) is 11.3. The Bertz CT molecular complexity index is 734. The molecule has 0 atom stereocenters. The average molecular weight is 338 g/mol. The minimum Gasteiger partial charge on any atom is -0.398 e. The van der Waals surface area contributed by atoms with Gasteiger partial charge < -0.3 is 5.73 Å². The zero-order chi connectivity index (χ0) is 19.6. The van der Waals surface area contributed by atoms with Gasteiger partial charge in [-0.25, -0.2) is 0 Å². The van der Waals surface area contributed by atoms with Crippen molar-refractivity contribution in [2.24, 2.45) is 11.1 Å². The van der Waals surface area contributed by atoms with E-state index in [1.807, 2.05) is 26.0 Å². The third kappa shape index (κ3) is 4.34. The third-order valence-corrected chi connectivity index (χ3v) is 5.75. The fourth-order valence-corrected chi connectivity index (χ4v) is 2.87. The van der Waals surface area contributed by atoms with Crippen molar-refractivity contribution in [2.45, 2.75) is 60.8 Å². The second kappa shape index (κ2) is 7.47. The Kier molecular flexibility index (Phi) is 6.28. The number of rotatable bonds is 5. The lowest BCUT2D eigenvalue weighted by Crippen LogP contribution is -2.35. The molecule has 0 spiro atoms. The van der Waals surface area contributed by atoms with Gasteiger partial charge >= 0.3 is 0 Å². The molecule has 0 bridgehead atoms. The zero-order valence-electron chi connectivity index (χ0n) is 17.4. The Morgan fingerprint density at radius 3 is 2.08 bits per heavy atom. The van der Waals surface area contributed by atoms with Gasteiger partial charge in [-0.1, -0.05) is 72.1 Å². The molecule has 0 amide bonds. The lowest BCUT2D eigenvalue weighted by Gasteiger charge is -2.42. The molecule has 25 heavy (non-hydrogen) atoms. The van der Waals surface area contributed by atoms with E-state index in [0.29, 0.717) is 5.70 Å². The second-order valence-corrected chi connectivity index (χ2v) is 8.52. The Balaban J connectivity index is 3.56. The first kappa shape index (κ1) is 21.0. The van der Waals surface area contributed by atoms with Gasteiger partial charge in [0.25, 0.3) is 0 Å². The maximum Gasteiger partial charge on any atom is 0.0390 e. The summed E-state index contributed by atoms with van der Waals surface area (Å²) in [5.74, 6) is 0. The molecule has 1 rings (SSSR count). The number of hydrogen-bond donors (Lipinski definition) is 1. The van der Waals surface area contributed by atoms with E-state index < -0.39 is 0 Å². The summed E-state index contributed by atoms with van der Waals surface area (Å²) >= 11 is 0. The van der Waals surface area contributed by atoms with Crippen LogP contribution in [-0.4, -0.2) is 0 Å². The predicted octanol–water partition coefficient (Wildman–Crippen LogP) is 6.70. The number of allylic oxidation sites excluding steroid dienone is 5. The fraction of sp³-hybridized carbons (Fsp3) is 0.417. The second-order valence-electron chi connectivity index (χ2n) is 8.52. The zero-order valence-corrected chi connectivity index (χ0v) is 17.4. The topological polar surface area (TPSA) is 26.0 Å².